The van der Waals surface area contributed by atoms with E-state index in [4.69, 9.17) is 9.47 Å². The molecule has 2 fully saturated rings. The van der Waals surface area contributed by atoms with E-state index in [9.17, 15) is 0 Å². The van der Waals surface area contributed by atoms with Gasteiger partial charge >= 0.3 is 0 Å². The third-order valence-electron chi connectivity index (χ3n) is 6.10. The molecule has 2 saturated heterocycles. The number of halogens is 1. The number of nitrogens with zero attached hydrogens (tertiary/aromatic N) is 3. The number of nitrogens with one attached hydrogen (secondary N) is 2. The normalized spacial score (nSPS) is 19.9. The van der Waals surface area contributed by atoms with Crippen LogP contribution in [0.25, 0.3) is 0 Å². The lowest BCUT2D eigenvalue weighted by atomic mass is 10.1. The highest BCUT2D eigenvalue weighted by Gasteiger charge is 2.16. The van der Waals surface area contributed by atoms with Crippen LogP contribution in [0.2, 0.25) is 0 Å². The topological polar surface area (TPSA) is 61.4 Å². The van der Waals surface area contributed by atoms with Gasteiger partial charge in [-0.1, -0.05) is 30.3 Å². The van der Waals surface area contributed by atoms with Gasteiger partial charge in [0, 0.05) is 71.5 Å². The SMILES string of the molecule is CCNC(=NCCCOCC1CCOC1)NCCCN1CCN(Cc2ccccc2)CC1.I. The minimum Gasteiger partial charge on any atom is -0.381 e. The Bertz CT molecular complexity index is 635. The van der Waals surface area contributed by atoms with E-state index >= 15 is 0 Å². The number of rotatable bonds is 13. The molecule has 2 heterocycles. The molecule has 0 spiro atoms. The van der Waals surface area contributed by atoms with Crippen molar-refractivity contribution >= 4 is 29.9 Å². The zero-order valence-corrected chi connectivity index (χ0v) is 22.7. The van der Waals surface area contributed by atoms with Gasteiger partial charge in [0.05, 0.1) is 13.2 Å². The number of ether oxygens (including phenoxy) is 2. The number of aliphatic imine (C=N–C) groups is 1. The zero-order valence-electron chi connectivity index (χ0n) is 20.3. The number of guanidine groups is 1. The number of piperazine rings is 1. The summed E-state index contributed by atoms with van der Waals surface area (Å²) < 4.78 is 11.1. The molecule has 2 N–H and O–H groups in total. The lowest BCUT2D eigenvalue weighted by Crippen LogP contribution is -2.46. The number of hydrogen-bond acceptors (Lipinski definition) is 5. The summed E-state index contributed by atoms with van der Waals surface area (Å²) in [5.74, 6) is 1.51. The van der Waals surface area contributed by atoms with Gasteiger partial charge in [-0.3, -0.25) is 9.89 Å². The Morgan fingerprint density at radius 3 is 2.61 bits per heavy atom. The fourth-order valence-corrected chi connectivity index (χ4v) is 4.19. The van der Waals surface area contributed by atoms with Crippen molar-refractivity contribution in [2.75, 3.05) is 78.8 Å². The van der Waals surface area contributed by atoms with Crippen molar-refractivity contribution in [3.8, 4) is 0 Å². The van der Waals surface area contributed by atoms with Gasteiger partial charge in [-0.2, -0.15) is 0 Å². The molecule has 8 heteroatoms. The standard InChI is InChI=1S/C25H43N5O2.HI/c1-2-26-25(28-12-7-18-31-21-24-10-19-32-22-24)27-11-6-13-29-14-16-30(17-15-29)20-23-8-4-3-5-9-23;/h3-5,8-9,24H,2,6-7,10-22H2,1H3,(H2,26,27,28);1H. The smallest absolute Gasteiger partial charge is 0.191 e. The fraction of sp³-hybridized carbons (Fsp3) is 0.720. The predicted molar refractivity (Wildman–Crippen MR) is 147 cm³/mol. The molecule has 2 aliphatic rings. The molecule has 0 aliphatic carbocycles. The molecule has 7 nitrogen and oxygen atoms in total. The summed E-state index contributed by atoms with van der Waals surface area (Å²) in [6.07, 6.45) is 3.23. The molecule has 3 rings (SSSR count). The van der Waals surface area contributed by atoms with E-state index in [1.165, 1.54) is 5.56 Å². The van der Waals surface area contributed by atoms with Gasteiger partial charge < -0.3 is 25.0 Å². The van der Waals surface area contributed by atoms with Crippen LogP contribution in [0.15, 0.2) is 35.3 Å². The van der Waals surface area contributed by atoms with E-state index in [2.05, 4.69) is 62.7 Å². The van der Waals surface area contributed by atoms with Crippen molar-refractivity contribution in [1.29, 1.82) is 0 Å². The largest absolute Gasteiger partial charge is 0.381 e. The second-order valence-corrected chi connectivity index (χ2v) is 8.80. The second kappa shape index (κ2) is 17.5. The molecule has 188 valence electrons. The van der Waals surface area contributed by atoms with Crippen LogP contribution in [0.3, 0.4) is 0 Å². The first-order chi connectivity index (χ1) is 15.8. The third kappa shape index (κ3) is 11.8. The summed E-state index contributed by atoms with van der Waals surface area (Å²) in [6, 6.07) is 10.8. The Morgan fingerprint density at radius 2 is 1.88 bits per heavy atom. The monoisotopic (exact) mass is 573 g/mol. The molecule has 0 bridgehead atoms. The highest BCUT2D eigenvalue weighted by Crippen LogP contribution is 2.12. The number of hydrogen-bond donors (Lipinski definition) is 2. The molecule has 0 radical (unpaired) electrons. The van der Waals surface area contributed by atoms with Gasteiger partial charge in [0.1, 0.15) is 0 Å². The second-order valence-electron chi connectivity index (χ2n) is 8.80. The third-order valence-corrected chi connectivity index (χ3v) is 6.10. The highest BCUT2D eigenvalue weighted by atomic mass is 127. The highest BCUT2D eigenvalue weighted by molar-refractivity contribution is 14.0. The summed E-state index contributed by atoms with van der Waals surface area (Å²) in [5, 5.41) is 6.83. The van der Waals surface area contributed by atoms with Gasteiger partial charge in [0.25, 0.3) is 0 Å². The molecule has 1 atom stereocenters. The van der Waals surface area contributed by atoms with Crippen molar-refractivity contribution in [2.24, 2.45) is 10.9 Å². The molecule has 0 amide bonds. The molecule has 1 unspecified atom stereocenters. The first kappa shape index (κ1) is 28.3. The zero-order chi connectivity index (χ0) is 22.3. The minimum atomic E-state index is 0. The van der Waals surface area contributed by atoms with E-state index in [-0.39, 0.29) is 24.0 Å². The first-order valence-electron chi connectivity index (χ1n) is 12.5. The van der Waals surface area contributed by atoms with Crippen LogP contribution in [0.1, 0.15) is 31.7 Å². The van der Waals surface area contributed by atoms with E-state index in [0.717, 1.165) is 111 Å². The van der Waals surface area contributed by atoms with Crippen LogP contribution in [0.5, 0.6) is 0 Å². The predicted octanol–water partition coefficient (Wildman–Crippen LogP) is 2.81. The summed E-state index contributed by atoms with van der Waals surface area (Å²) in [5.41, 5.74) is 1.41. The van der Waals surface area contributed by atoms with Crippen LogP contribution >= 0.6 is 24.0 Å². The van der Waals surface area contributed by atoms with Gasteiger partial charge in [0.15, 0.2) is 5.96 Å². The van der Waals surface area contributed by atoms with Gasteiger partial charge in [-0.25, -0.2) is 0 Å². The molecular weight excluding hydrogens is 529 g/mol. The Hall–Kier alpha value is -0.940. The molecule has 0 saturated carbocycles. The Balaban J connectivity index is 0.00000385. The van der Waals surface area contributed by atoms with Crippen LogP contribution in [0, 0.1) is 5.92 Å². The summed E-state index contributed by atoms with van der Waals surface area (Å²) in [6.45, 7) is 14.9. The summed E-state index contributed by atoms with van der Waals surface area (Å²) >= 11 is 0. The van der Waals surface area contributed by atoms with Gasteiger partial charge in [-0.15, -0.1) is 24.0 Å². The Labute approximate surface area is 217 Å². The maximum absolute atomic E-state index is 5.77. The van der Waals surface area contributed by atoms with Crippen molar-refractivity contribution in [2.45, 2.75) is 32.7 Å². The number of benzene rings is 1. The Kier molecular flexibility index (Phi) is 15.0. The lowest BCUT2D eigenvalue weighted by Gasteiger charge is -2.34. The van der Waals surface area contributed by atoms with E-state index in [1.54, 1.807) is 0 Å². The Morgan fingerprint density at radius 1 is 1.09 bits per heavy atom. The fourth-order valence-electron chi connectivity index (χ4n) is 4.19. The lowest BCUT2D eigenvalue weighted by molar-refractivity contribution is 0.0893. The average Bonchev–Trinajstić information content (AvgIpc) is 3.34. The van der Waals surface area contributed by atoms with Crippen molar-refractivity contribution in [3.63, 3.8) is 0 Å². The average molecular weight is 574 g/mol. The van der Waals surface area contributed by atoms with Crippen LogP contribution < -0.4 is 10.6 Å². The summed E-state index contributed by atoms with van der Waals surface area (Å²) in [4.78, 5) is 9.83. The van der Waals surface area contributed by atoms with Crippen molar-refractivity contribution < 1.29 is 9.47 Å². The molecule has 0 aromatic heterocycles. The van der Waals surface area contributed by atoms with E-state index < -0.39 is 0 Å². The maximum atomic E-state index is 5.77. The molecule has 1 aromatic carbocycles. The van der Waals surface area contributed by atoms with Gasteiger partial charge in [0.2, 0.25) is 0 Å². The van der Waals surface area contributed by atoms with Gasteiger partial charge in [-0.05, 0) is 38.3 Å². The van der Waals surface area contributed by atoms with Crippen LogP contribution in [0.4, 0.5) is 0 Å². The van der Waals surface area contributed by atoms with Crippen molar-refractivity contribution in [1.82, 2.24) is 20.4 Å². The molecular formula is C25H44IN5O2. The van der Waals surface area contributed by atoms with E-state index in [1.807, 2.05) is 0 Å². The van der Waals surface area contributed by atoms with Crippen LogP contribution in [-0.4, -0.2) is 94.5 Å². The van der Waals surface area contributed by atoms with Crippen molar-refractivity contribution in [3.05, 3.63) is 35.9 Å². The maximum Gasteiger partial charge on any atom is 0.191 e. The minimum absolute atomic E-state index is 0. The van der Waals surface area contributed by atoms with Crippen LogP contribution in [-0.2, 0) is 16.0 Å². The van der Waals surface area contributed by atoms with E-state index in [0.29, 0.717) is 5.92 Å². The quantitative estimate of drug-likeness (QED) is 0.164. The first-order valence-corrected chi connectivity index (χ1v) is 12.5. The summed E-state index contributed by atoms with van der Waals surface area (Å²) in [7, 11) is 0. The molecule has 33 heavy (non-hydrogen) atoms. The molecule has 2 aliphatic heterocycles. The molecule has 1 aromatic rings.